The van der Waals surface area contributed by atoms with Crippen molar-refractivity contribution in [2.75, 3.05) is 33.1 Å². The average Bonchev–Trinajstić information content (AvgIpc) is 4.02. The molecule has 6 N–H and O–H groups in total. The van der Waals surface area contributed by atoms with Gasteiger partial charge in [-0.2, -0.15) is 4.99 Å². The number of primary amides is 2. The Balaban J connectivity index is 1.42. The van der Waals surface area contributed by atoms with Crippen LogP contribution in [0.5, 0.6) is 11.5 Å². The van der Waals surface area contributed by atoms with Crippen molar-refractivity contribution in [1.29, 1.82) is 0 Å². The lowest BCUT2D eigenvalue weighted by molar-refractivity contribution is -0.132. The fourth-order valence-corrected chi connectivity index (χ4v) is 7.69. The number of nitrogens with two attached hydrogens (primary N) is 2. The van der Waals surface area contributed by atoms with Crippen LogP contribution in [0.15, 0.2) is 50.2 Å². The lowest BCUT2D eigenvalue weighted by atomic mass is 10.1. The van der Waals surface area contributed by atoms with Crippen LogP contribution in [0.1, 0.15) is 91.7 Å². The van der Waals surface area contributed by atoms with E-state index in [-0.39, 0.29) is 76.7 Å². The summed E-state index contributed by atoms with van der Waals surface area (Å²) >= 11 is 1.15. The van der Waals surface area contributed by atoms with E-state index in [2.05, 4.69) is 25.7 Å². The van der Waals surface area contributed by atoms with E-state index in [1.54, 1.807) is 49.2 Å². The van der Waals surface area contributed by atoms with Crippen LogP contribution in [0.2, 0.25) is 0 Å². The second kappa shape index (κ2) is 19.1. The van der Waals surface area contributed by atoms with Gasteiger partial charge in [-0.25, -0.2) is 20.4 Å². The molecule has 4 aromatic heterocycles. The number of ether oxygens (including phenoxy) is 2. The van der Waals surface area contributed by atoms with Crippen molar-refractivity contribution in [1.82, 2.24) is 34.5 Å². The van der Waals surface area contributed by atoms with Crippen LogP contribution in [-0.2, 0) is 30.7 Å². The molecular weight excluding hydrogens is 823 g/mol. The lowest BCUT2D eigenvalue weighted by Crippen LogP contribution is -2.36. The number of hydrogen-bond donors (Lipinski definition) is 4. The highest BCUT2D eigenvalue weighted by molar-refractivity contribution is 7.16. The number of nitrogens with one attached hydrogen (secondary N) is 2. The van der Waals surface area contributed by atoms with E-state index >= 15 is 0 Å². The minimum absolute atomic E-state index is 0.0243. The molecule has 0 aliphatic rings. The van der Waals surface area contributed by atoms with Crippen LogP contribution in [0.4, 0.5) is 5.95 Å². The van der Waals surface area contributed by atoms with Gasteiger partial charge in [0.1, 0.15) is 22.5 Å². The molecule has 6 rings (SSSR count). The highest BCUT2D eigenvalue weighted by atomic mass is 32.1. The minimum atomic E-state index is -0.727. The van der Waals surface area contributed by atoms with E-state index in [0.717, 1.165) is 11.3 Å². The summed E-state index contributed by atoms with van der Waals surface area (Å²) in [6, 6.07) is 6.10. The van der Waals surface area contributed by atoms with E-state index in [1.807, 2.05) is 19.9 Å². The number of aromatic nitrogens is 5. The molecule has 326 valence electrons. The topological polar surface area (TPSA) is 270 Å². The quantitative estimate of drug-likeness (QED) is 0.0542. The molecule has 0 unspecified atom stereocenters. The molecule has 2 aromatic carbocycles. The predicted molar refractivity (Wildman–Crippen MR) is 228 cm³/mol. The molecule has 20 nitrogen and oxygen atoms in total. The van der Waals surface area contributed by atoms with Gasteiger partial charge in [0, 0.05) is 58.6 Å². The van der Waals surface area contributed by atoms with Gasteiger partial charge in [-0.15, -0.1) is 0 Å². The van der Waals surface area contributed by atoms with Crippen molar-refractivity contribution in [3.63, 3.8) is 0 Å². The number of aryl methyl sites for hydroxylation is 4. The zero-order chi connectivity index (χ0) is 44.8. The first-order valence-electron chi connectivity index (χ1n) is 19.6. The normalized spacial score (nSPS) is 11.8. The molecule has 62 heavy (non-hydrogen) atoms. The third kappa shape index (κ3) is 9.42. The number of nitrogens with zero attached hydrogens (tertiary/aromatic N) is 7. The summed E-state index contributed by atoms with van der Waals surface area (Å²) < 4.78 is 27.2. The zero-order valence-corrected chi connectivity index (χ0v) is 36.1. The van der Waals surface area contributed by atoms with Gasteiger partial charge in [0.25, 0.3) is 5.91 Å². The molecule has 0 saturated heterocycles. The van der Waals surface area contributed by atoms with Gasteiger partial charge in [-0.3, -0.25) is 34.3 Å². The van der Waals surface area contributed by atoms with Crippen molar-refractivity contribution in [2.45, 2.75) is 66.5 Å². The van der Waals surface area contributed by atoms with Gasteiger partial charge in [0.2, 0.25) is 35.2 Å². The number of imidazole rings is 1. The number of carbonyl (C=O) groups excluding carboxylic acids is 5. The molecule has 0 radical (unpaired) electrons. The van der Waals surface area contributed by atoms with Crippen molar-refractivity contribution in [2.24, 2.45) is 16.5 Å². The molecule has 5 amide bonds. The molecule has 0 aliphatic heterocycles. The van der Waals surface area contributed by atoms with Crippen LogP contribution < -0.4 is 36.5 Å². The second-order valence-corrected chi connectivity index (χ2v) is 14.8. The Labute approximate surface area is 358 Å². The summed E-state index contributed by atoms with van der Waals surface area (Å²) in [5.74, 6) is -1.43. The molecule has 0 atom stereocenters. The minimum Gasteiger partial charge on any atom is -0.494 e. The molecule has 21 heteroatoms. The maximum absolute atomic E-state index is 13.7. The van der Waals surface area contributed by atoms with Crippen molar-refractivity contribution < 1.29 is 42.3 Å². The number of amides is 5. The Hall–Kier alpha value is -7.13. The fourth-order valence-electron chi connectivity index (χ4n) is 6.60. The van der Waals surface area contributed by atoms with E-state index in [1.165, 1.54) is 30.3 Å². The molecule has 6 aromatic rings. The number of anilines is 1. The molecule has 0 spiro atoms. The van der Waals surface area contributed by atoms with Crippen LogP contribution >= 0.6 is 11.3 Å². The molecule has 0 bridgehead atoms. The number of oxazole rings is 2. The molecule has 4 heterocycles. The van der Waals surface area contributed by atoms with Gasteiger partial charge in [0.05, 0.1) is 35.3 Å². The van der Waals surface area contributed by atoms with Crippen LogP contribution in [0.25, 0.3) is 21.3 Å². The number of allylic oxidation sites excluding steroid dienone is 2. The first-order chi connectivity index (χ1) is 29.7. The first kappa shape index (κ1) is 44.4. The Morgan fingerprint density at radius 3 is 2.11 bits per heavy atom. The number of thiazole rings is 1. The molecular formula is C41H47N11O9S. The second-order valence-electron chi connectivity index (χ2n) is 13.8. The number of hydrogen-bond acceptors (Lipinski definition) is 14. The number of benzene rings is 2. The largest absolute Gasteiger partial charge is 0.494 e. The molecule has 0 fully saturated rings. The highest BCUT2D eigenvalue weighted by Crippen LogP contribution is 2.33. The summed E-state index contributed by atoms with van der Waals surface area (Å²) in [6.07, 6.45) is 5.02. The highest BCUT2D eigenvalue weighted by Gasteiger charge is 2.24. The van der Waals surface area contributed by atoms with Gasteiger partial charge < -0.3 is 38.9 Å². The van der Waals surface area contributed by atoms with Gasteiger partial charge in [0.15, 0.2) is 16.6 Å². The van der Waals surface area contributed by atoms with Crippen LogP contribution in [0.3, 0.4) is 0 Å². The number of rotatable bonds is 18. The number of fused-ring (bicyclic) bond motifs is 2. The number of methoxy groups -OCH3 is 1. The van der Waals surface area contributed by atoms with Gasteiger partial charge in [-0.1, -0.05) is 37.3 Å². The summed E-state index contributed by atoms with van der Waals surface area (Å²) in [4.78, 5) is 82.4. The monoisotopic (exact) mass is 869 g/mol. The van der Waals surface area contributed by atoms with E-state index in [0.29, 0.717) is 63.9 Å². The van der Waals surface area contributed by atoms with E-state index in [9.17, 15) is 24.0 Å². The fraction of sp³-hybridized carbons (Fsp3) is 0.341. The van der Waals surface area contributed by atoms with Crippen molar-refractivity contribution >= 4 is 68.1 Å². The SMILES string of the molecule is CCc1nc(C)oc1C(=O)/N=c1\sc2cc(C(N)=O)cc(OC)c2n1C/C=C/Cn1c(NC(=O)c2oc(C)nc2CC)nc2cc(C(N)=O)cc(OCCCC(=O)N(C)NC)c21. The summed E-state index contributed by atoms with van der Waals surface area (Å²) in [5.41, 5.74) is 16.6. The summed E-state index contributed by atoms with van der Waals surface area (Å²) in [6.45, 7) is 7.32. The number of carbonyl (C=O) groups is 5. The van der Waals surface area contributed by atoms with Crippen molar-refractivity contribution in [3.05, 3.63) is 87.0 Å². The van der Waals surface area contributed by atoms with Crippen LogP contribution in [0, 0.1) is 13.8 Å². The molecule has 0 aliphatic carbocycles. The van der Waals surface area contributed by atoms with Gasteiger partial charge in [-0.05, 0) is 43.5 Å². The maximum atomic E-state index is 13.7. The zero-order valence-electron chi connectivity index (χ0n) is 35.3. The smallest absolute Gasteiger partial charge is 0.317 e. The number of hydrazine groups is 1. The predicted octanol–water partition coefficient (Wildman–Crippen LogP) is 3.98. The van der Waals surface area contributed by atoms with Crippen LogP contribution in [-0.4, -0.2) is 86.4 Å². The maximum Gasteiger partial charge on any atom is 0.317 e. The average molecular weight is 870 g/mol. The van der Waals surface area contributed by atoms with E-state index in [4.69, 9.17) is 34.8 Å². The Morgan fingerprint density at radius 1 is 0.871 bits per heavy atom. The first-order valence-corrected chi connectivity index (χ1v) is 20.4. The summed E-state index contributed by atoms with van der Waals surface area (Å²) in [5, 5.41) is 4.20. The third-order valence-corrected chi connectivity index (χ3v) is 10.7. The van der Waals surface area contributed by atoms with Crippen molar-refractivity contribution in [3.8, 4) is 11.5 Å². The Kier molecular flexibility index (Phi) is 13.7. The lowest BCUT2D eigenvalue weighted by Gasteiger charge is -2.15. The Morgan fingerprint density at radius 2 is 1.48 bits per heavy atom. The molecule has 0 saturated carbocycles. The summed E-state index contributed by atoms with van der Waals surface area (Å²) in [7, 11) is 4.70. The third-order valence-electron chi connectivity index (χ3n) is 9.68. The van der Waals surface area contributed by atoms with Gasteiger partial charge >= 0.3 is 5.91 Å². The standard InChI is InChI=1S/C41H47N11O9S/c1-8-25-34(60-21(3)45-25)38(56)48-40-47-27-17-23(36(42)54)19-29(59-16-12-13-31(53)50(6)44-5)32(27)51(40)14-10-11-15-52-33-28(58-7)18-24(37(43)55)20-30(33)62-41(52)49-39(57)35-26(9-2)46-22(4)61-35/h10-11,17-20,44H,8-9,12-16H2,1-7H3,(H2,42,54)(H2,43,55)(H,47,48,56)/b11-10+,49-41-. The van der Waals surface area contributed by atoms with E-state index < -0.39 is 23.6 Å². The Bertz CT molecular complexity index is 2810.